The first-order valence-electron chi connectivity index (χ1n) is 9.69. The van der Waals surface area contributed by atoms with E-state index in [1.807, 2.05) is 0 Å². The highest BCUT2D eigenvalue weighted by atomic mass is 16.1. The molecule has 1 heteroatoms. The van der Waals surface area contributed by atoms with Crippen LogP contribution in [0, 0.1) is 47.3 Å². The van der Waals surface area contributed by atoms with E-state index in [2.05, 4.69) is 39.8 Å². The van der Waals surface area contributed by atoms with E-state index >= 15 is 0 Å². The molecule has 2 saturated carbocycles. The predicted molar refractivity (Wildman–Crippen MR) is 92.5 cm³/mol. The van der Waals surface area contributed by atoms with Gasteiger partial charge in [0, 0.05) is 11.8 Å². The van der Waals surface area contributed by atoms with Gasteiger partial charge in [-0.15, -0.1) is 0 Å². The van der Waals surface area contributed by atoms with Crippen LogP contribution in [0.25, 0.3) is 0 Å². The monoisotopic (exact) mass is 302 g/mol. The first kappa shape index (κ1) is 16.3. The van der Waals surface area contributed by atoms with Gasteiger partial charge in [-0.2, -0.15) is 0 Å². The van der Waals surface area contributed by atoms with E-state index < -0.39 is 0 Å². The molecule has 0 aliphatic heterocycles. The van der Waals surface area contributed by atoms with E-state index in [0.717, 1.165) is 36.5 Å². The highest BCUT2D eigenvalue weighted by Gasteiger charge is 2.43. The summed E-state index contributed by atoms with van der Waals surface area (Å²) in [4.78, 5) is 13.3. The van der Waals surface area contributed by atoms with Crippen molar-refractivity contribution in [2.45, 2.75) is 66.2 Å². The highest BCUT2D eigenvalue weighted by Crippen LogP contribution is 2.47. The molecule has 6 unspecified atom stereocenters. The van der Waals surface area contributed by atoms with Crippen molar-refractivity contribution >= 4 is 5.78 Å². The minimum absolute atomic E-state index is 0.332. The second-order valence-electron chi connectivity index (χ2n) is 8.96. The number of Topliss-reactive ketones (excluding diaryl/α,β-unsaturated/α-hetero) is 1. The lowest BCUT2D eigenvalue weighted by Crippen LogP contribution is -2.38. The topological polar surface area (TPSA) is 17.1 Å². The molecule has 1 nitrogen and oxygen atoms in total. The molecule has 22 heavy (non-hydrogen) atoms. The van der Waals surface area contributed by atoms with Gasteiger partial charge in [-0.1, -0.05) is 39.8 Å². The van der Waals surface area contributed by atoms with Crippen molar-refractivity contribution in [3.63, 3.8) is 0 Å². The van der Waals surface area contributed by atoms with Crippen molar-refractivity contribution in [3.05, 3.63) is 12.2 Å². The van der Waals surface area contributed by atoms with Gasteiger partial charge in [-0.05, 0) is 74.0 Å². The van der Waals surface area contributed by atoms with Crippen molar-refractivity contribution in [1.29, 1.82) is 0 Å². The Morgan fingerprint density at radius 1 is 0.773 bits per heavy atom. The molecule has 0 aromatic carbocycles. The summed E-state index contributed by atoms with van der Waals surface area (Å²) in [6.45, 7) is 9.33. The van der Waals surface area contributed by atoms with Crippen molar-refractivity contribution in [3.8, 4) is 0 Å². The van der Waals surface area contributed by atoms with E-state index in [1.165, 1.54) is 25.7 Å². The number of ketones is 1. The molecule has 0 N–H and O–H groups in total. The summed E-state index contributed by atoms with van der Waals surface area (Å²) in [6, 6.07) is 0. The van der Waals surface area contributed by atoms with Crippen molar-refractivity contribution in [1.82, 2.24) is 0 Å². The number of carbonyl (C=O) groups excluding carboxylic acids is 1. The minimum Gasteiger partial charge on any atom is -0.299 e. The lowest BCUT2D eigenvalue weighted by Gasteiger charge is -2.39. The molecular formula is C21H34O. The van der Waals surface area contributed by atoms with Crippen LogP contribution >= 0.6 is 0 Å². The van der Waals surface area contributed by atoms with Crippen LogP contribution in [0.5, 0.6) is 0 Å². The molecule has 0 heterocycles. The smallest absolute Gasteiger partial charge is 0.140 e. The van der Waals surface area contributed by atoms with Crippen molar-refractivity contribution in [2.75, 3.05) is 0 Å². The fourth-order valence-electron chi connectivity index (χ4n) is 5.34. The van der Waals surface area contributed by atoms with Crippen molar-refractivity contribution in [2.24, 2.45) is 47.3 Å². The molecule has 3 aliphatic rings. The van der Waals surface area contributed by atoms with Crippen LogP contribution in [-0.4, -0.2) is 5.78 Å². The first-order chi connectivity index (χ1) is 10.5. The van der Waals surface area contributed by atoms with Gasteiger partial charge in [-0.25, -0.2) is 0 Å². The minimum atomic E-state index is 0.332. The van der Waals surface area contributed by atoms with Crippen LogP contribution < -0.4 is 0 Å². The molecule has 0 radical (unpaired) electrons. The van der Waals surface area contributed by atoms with Gasteiger partial charge in [0.2, 0.25) is 0 Å². The Labute approximate surface area is 136 Å². The fraction of sp³-hybridized carbons (Fsp3) is 0.857. The Morgan fingerprint density at radius 2 is 1.18 bits per heavy atom. The van der Waals surface area contributed by atoms with Crippen LogP contribution in [0.3, 0.4) is 0 Å². The molecule has 0 spiro atoms. The molecule has 0 amide bonds. The summed E-state index contributed by atoms with van der Waals surface area (Å²) in [5.74, 6) is 5.38. The van der Waals surface area contributed by atoms with E-state index in [0.29, 0.717) is 29.5 Å². The Kier molecular flexibility index (Phi) is 4.80. The summed E-state index contributed by atoms with van der Waals surface area (Å²) in [5.41, 5.74) is 0. The zero-order chi connectivity index (χ0) is 15.9. The Bertz CT molecular complexity index is 395. The first-order valence-corrected chi connectivity index (χ1v) is 9.69. The zero-order valence-corrected chi connectivity index (χ0v) is 14.9. The van der Waals surface area contributed by atoms with Gasteiger partial charge >= 0.3 is 0 Å². The van der Waals surface area contributed by atoms with Gasteiger partial charge in [0.25, 0.3) is 0 Å². The Morgan fingerprint density at radius 3 is 1.55 bits per heavy atom. The largest absolute Gasteiger partial charge is 0.299 e. The summed E-state index contributed by atoms with van der Waals surface area (Å²) in [5, 5.41) is 0. The van der Waals surface area contributed by atoms with E-state index in [4.69, 9.17) is 0 Å². The normalized spacial score (nSPS) is 42.2. The van der Waals surface area contributed by atoms with Gasteiger partial charge < -0.3 is 0 Å². The van der Waals surface area contributed by atoms with Gasteiger partial charge in [0.1, 0.15) is 5.78 Å². The third kappa shape index (κ3) is 3.05. The molecular weight excluding hydrogens is 268 g/mol. The lowest BCUT2D eigenvalue weighted by molar-refractivity contribution is -0.132. The molecule has 6 atom stereocenters. The van der Waals surface area contributed by atoms with Crippen LogP contribution in [0.1, 0.15) is 66.2 Å². The summed E-state index contributed by atoms with van der Waals surface area (Å²) >= 11 is 0. The number of hydrogen-bond acceptors (Lipinski definition) is 1. The fourth-order valence-corrected chi connectivity index (χ4v) is 5.34. The van der Waals surface area contributed by atoms with Gasteiger partial charge in [0.15, 0.2) is 0 Å². The number of allylic oxidation sites excluding steroid dienone is 2. The van der Waals surface area contributed by atoms with Crippen LogP contribution in [0.15, 0.2) is 12.2 Å². The molecule has 0 aromatic heterocycles. The summed E-state index contributed by atoms with van der Waals surface area (Å²) < 4.78 is 0. The Balaban J connectivity index is 1.78. The number of hydrogen-bond donors (Lipinski definition) is 0. The van der Waals surface area contributed by atoms with Crippen LogP contribution in [0.2, 0.25) is 0 Å². The van der Waals surface area contributed by atoms with E-state index in [9.17, 15) is 4.79 Å². The SMILES string of the molecule is CC(C)C1CCC2C=CC3CCC(C(C)C)CC3C(=O)C2C1. The maximum Gasteiger partial charge on any atom is 0.140 e. The van der Waals surface area contributed by atoms with Gasteiger partial charge in [-0.3, -0.25) is 4.79 Å². The maximum absolute atomic E-state index is 13.3. The highest BCUT2D eigenvalue weighted by molar-refractivity contribution is 5.85. The summed E-state index contributed by atoms with van der Waals surface area (Å²) in [7, 11) is 0. The van der Waals surface area contributed by atoms with Crippen molar-refractivity contribution < 1.29 is 4.79 Å². The molecule has 3 rings (SSSR count). The molecule has 3 aliphatic carbocycles. The molecule has 2 fully saturated rings. The quantitative estimate of drug-likeness (QED) is 0.615. The number of carbonyl (C=O) groups is 1. The Hall–Kier alpha value is -0.590. The van der Waals surface area contributed by atoms with E-state index in [-0.39, 0.29) is 0 Å². The summed E-state index contributed by atoms with van der Waals surface area (Å²) in [6.07, 6.45) is 12.3. The number of rotatable bonds is 2. The standard InChI is InChI=1S/C21H34O/c1-13(2)17-9-7-15-5-6-16-8-10-18(14(3)4)12-20(16)21(22)19(15)11-17/h5-6,13-20H,7-12H2,1-4H3. The van der Waals surface area contributed by atoms with Crippen LogP contribution in [0.4, 0.5) is 0 Å². The zero-order valence-electron chi connectivity index (χ0n) is 14.9. The lowest BCUT2D eigenvalue weighted by atomic mass is 9.64. The second-order valence-corrected chi connectivity index (χ2v) is 8.96. The molecule has 0 bridgehead atoms. The molecule has 0 saturated heterocycles. The molecule has 124 valence electrons. The number of fused-ring (bicyclic) bond motifs is 2. The average molecular weight is 303 g/mol. The van der Waals surface area contributed by atoms with Crippen LogP contribution in [-0.2, 0) is 4.79 Å². The van der Waals surface area contributed by atoms with Gasteiger partial charge in [0.05, 0.1) is 0 Å². The maximum atomic E-state index is 13.3. The third-order valence-corrected chi connectivity index (χ3v) is 7.11. The third-order valence-electron chi connectivity index (χ3n) is 7.11. The average Bonchev–Trinajstić information content (AvgIpc) is 2.64. The van der Waals surface area contributed by atoms with E-state index in [1.54, 1.807) is 0 Å². The second kappa shape index (κ2) is 6.49. The molecule has 0 aromatic rings. The predicted octanol–water partition coefficient (Wildman–Crippen LogP) is 5.50.